The Bertz CT molecular complexity index is 576. The first-order chi connectivity index (χ1) is 8.54. The lowest BCUT2D eigenvalue weighted by Crippen LogP contribution is -2.29. The van der Waals surface area contributed by atoms with Crippen molar-refractivity contribution in [2.75, 3.05) is 13.7 Å². The first-order valence-corrected chi connectivity index (χ1v) is 8.04. The molecule has 0 aliphatic heterocycles. The van der Waals surface area contributed by atoms with E-state index >= 15 is 0 Å². The maximum Gasteiger partial charge on any atom is 0.217 e. The third-order valence-corrected chi connectivity index (χ3v) is 5.94. The van der Waals surface area contributed by atoms with Crippen LogP contribution in [-0.4, -0.2) is 36.7 Å². The van der Waals surface area contributed by atoms with Crippen LogP contribution in [0.25, 0.3) is 0 Å². The van der Waals surface area contributed by atoms with Crippen LogP contribution < -0.4 is 0 Å². The number of aliphatic hydroxyl groups is 1. The van der Waals surface area contributed by atoms with E-state index in [4.69, 9.17) is 5.11 Å². The summed E-state index contributed by atoms with van der Waals surface area (Å²) in [4.78, 5) is 0.844. The summed E-state index contributed by atoms with van der Waals surface area (Å²) < 4.78 is 25.3. The fourth-order valence-electron chi connectivity index (χ4n) is 1.62. The molecule has 1 aromatic rings. The van der Waals surface area contributed by atoms with Crippen molar-refractivity contribution in [2.45, 2.75) is 24.6 Å². The van der Waals surface area contributed by atoms with Gasteiger partial charge in [-0.2, -0.15) is 0 Å². The molecule has 1 fully saturated rings. The van der Waals surface area contributed by atoms with Crippen LogP contribution in [0.4, 0.5) is 0 Å². The molecule has 1 aromatic heterocycles. The van der Waals surface area contributed by atoms with Crippen molar-refractivity contribution in [3.05, 3.63) is 21.9 Å². The topological polar surface area (TPSA) is 57.6 Å². The Morgan fingerprint density at radius 3 is 2.89 bits per heavy atom. The van der Waals surface area contributed by atoms with E-state index in [1.807, 2.05) is 11.4 Å². The Morgan fingerprint density at radius 1 is 1.56 bits per heavy atom. The molecule has 18 heavy (non-hydrogen) atoms. The van der Waals surface area contributed by atoms with Crippen LogP contribution in [0, 0.1) is 11.8 Å². The largest absolute Gasteiger partial charge is 0.384 e. The Labute approximate surface area is 111 Å². The molecule has 0 radical (unpaired) electrons. The zero-order valence-electron chi connectivity index (χ0n) is 10.1. The number of hydrogen-bond acceptors (Lipinski definition) is 4. The summed E-state index contributed by atoms with van der Waals surface area (Å²) in [5, 5.41) is 10.3. The molecule has 0 bridgehead atoms. The van der Waals surface area contributed by atoms with Crippen LogP contribution in [0.5, 0.6) is 0 Å². The van der Waals surface area contributed by atoms with Gasteiger partial charge < -0.3 is 5.11 Å². The minimum atomic E-state index is -3.11. The molecule has 1 heterocycles. The summed E-state index contributed by atoms with van der Waals surface area (Å²) in [6.07, 6.45) is 1.56. The third-order valence-electron chi connectivity index (χ3n) is 2.73. The highest BCUT2D eigenvalue weighted by atomic mass is 32.2. The lowest BCUT2D eigenvalue weighted by Gasteiger charge is -2.15. The van der Waals surface area contributed by atoms with Crippen LogP contribution in [0.3, 0.4) is 0 Å². The number of sulfonamides is 1. The van der Waals surface area contributed by atoms with Gasteiger partial charge in [0.25, 0.3) is 0 Å². The Hall–Kier alpha value is -0.870. The first kappa shape index (κ1) is 13.6. The Kier molecular flexibility index (Phi) is 4.07. The van der Waals surface area contributed by atoms with Crippen molar-refractivity contribution >= 4 is 21.4 Å². The molecule has 0 spiro atoms. The monoisotopic (exact) mass is 285 g/mol. The normalized spacial score (nSPS) is 15.5. The van der Waals surface area contributed by atoms with Crippen molar-refractivity contribution in [1.82, 2.24) is 4.31 Å². The zero-order valence-corrected chi connectivity index (χ0v) is 11.7. The standard InChI is InChI=1S/C12H15NO3S2/c1-13(18(15,16)12-4-5-12)8-10-7-11(17-9-10)3-2-6-14/h7,9,12,14H,4-6,8H2,1H3. The number of hydrogen-bond donors (Lipinski definition) is 1. The van der Waals surface area contributed by atoms with Crippen LogP contribution >= 0.6 is 11.3 Å². The van der Waals surface area contributed by atoms with Gasteiger partial charge >= 0.3 is 0 Å². The fraction of sp³-hybridized carbons (Fsp3) is 0.500. The summed E-state index contributed by atoms with van der Waals surface area (Å²) in [5.74, 6) is 5.39. The second kappa shape index (κ2) is 5.41. The predicted molar refractivity (Wildman–Crippen MR) is 71.7 cm³/mol. The van der Waals surface area contributed by atoms with Crippen molar-refractivity contribution in [3.63, 3.8) is 0 Å². The molecule has 1 N–H and O–H groups in total. The van der Waals surface area contributed by atoms with Crippen LogP contribution in [0.1, 0.15) is 23.3 Å². The molecule has 0 saturated heterocycles. The van der Waals surface area contributed by atoms with Gasteiger partial charge in [0.2, 0.25) is 10.0 Å². The van der Waals surface area contributed by atoms with E-state index < -0.39 is 10.0 Å². The molecule has 2 rings (SSSR count). The van der Waals surface area contributed by atoms with Gasteiger partial charge in [-0.1, -0.05) is 11.8 Å². The predicted octanol–water partition coefficient (Wildman–Crippen LogP) is 1.02. The quantitative estimate of drug-likeness (QED) is 0.840. The van der Waals surface area contributed by atoms with Crippen molar-refractivity contribution in [2.24, 2.45) is 0 Å². The summed E-state index contributed by atoms with van der Waals surface area (Å²) in [6.45, 7) is 0.222. The average Bonchev–Trinajstić information content (AvgIpc) is 3.10. The van der Waals surface area contributed by atoms with Gasteiger partial charge in [-0.25, -0.2) is 12.7 Å². The smallest absolute Gasteiger partial charge is 0.217 e. The molecule has 98 valence electrons. The van der Waals surface area contributed by atoms with E-state index in [0.717, 1.165) is 23.3 Å². The van der Waals surface area contributed by atoms with Crippen LogP contribution in [-0.2, 0) is 16.6 Å². The van der Waals surface area contributed by atoms with E-state index in [9.17, 15) is 8.42 Å². The molecule has 0 aromatic carbocycles. The Morgan fingerprint density at radius 2 is 2.28 bits per heavy atom. The van der Waals surface area contributed by atoms with Crippen LogP contribution in [0.15, 0.2) is 11.4 Å². The minimum absolute atomic E-state index is 0.163. The number of nitrogens with zero attached hydrogens (tertiary/aromatic N) is 1. The molecule has 1 aliphatic carbocycles. The van der Waals surface area contributed by atoms with E-state index in [1.165, 1.54) is 15.6 Å². The van der Waals surface area contributed by atoms with E-state index in [0.29, 0.717) is 6.54 Å². The highest BCUT2D eigenvalue weighted by Crippen LogP contribution is 2.31. The summed E-state index contributed by atoms with van der Waals surface area (Å²) in [5.41, 5.74) is 0.939. The van der Waals surface area contributed by atoms with Gasteiger partial charge in [0.05, 0.1) is 10.1 Å². The SMILES string of the molecule is CN(Cc1csc(C#CCO)c1)S(=O)(=O)C1CC1. The fourth-order valence-corrected chi connectivity index (χ4v) is 3.96. The zero-order chi connectivity index (χ0) is 13.2. The summed E-state index contributed by atoms with van der Waals surface area (Å²) in [6, 6.07) is 1.87. The van der Waals surface area contributed by atoms with Gasteiger partial charge in [0, 0.05) is 13.6 Å². The molecule has 4 nitrogen and oxygen atoms in total. The summed E-state index contributed by atoms with van der Waals surface area (Å²) >= 11 is 1.46. The number of aliphatic hydroxyl groups excluding tert-OH is 1. The van der Waals surface area contributed by atoms with E-state index in [2.05, 4.69) is 11.8 Å². The highest BCUT2D eigenvalue weighted by Gasteiger charge is 2.38. The highest BCUT2D eigenvalue weighted by molar-refractivity contribution is 7.90. The maximum absolute atomic E-state index is 11.9. The van der Waals surface area contributed by atoms with Gasteiger partial charge in [0.1, 0.15) is 6.61 Å². The van der Waals surface area contributed by atoms with Gasteiger partial charge in [-0.05, 0) is 29.9 Å². The van der Waals surface area contributed by atoms with Gasteiger partial charge in [-0.3, -0.25) is 0 Å². The second-order valence-electron chi connectivity index (χ2n) is 4.28. The maximum atomic E-state index is 11.9. The lowest BCUT2D eigenvalue weighted by atomic mass is 10.3. The molecule has 1 aliphatic rings. The molecule has 1 saturated carbocycles. The molecular weight excluding hydrogens is 270 g/mol. The Balaban J connectivity index is 2.03. The van der Waals surface area contributed by atoms with Crippen molar-refractivity contribution in [1.29, 1.82) is 0 Å². The average molecular weight is 285 g/mol. The van der Waals surface area contributed by atoms with Crippen molar-refractivity contribution in [3.8, 4) is 11.8 Å². The molecule has 0 unspecified atom stereocenters. The third kappa shape index (κ3) is 3.12. The molecule has 0 atom stereocenters. The molecule has 6 heteroatoms. The summed E-state index contributed by atoms with van der Waals surface area (Å²) in [7, 11) is -1.49. The first-order valence-electron chi connectivity index (χ1n) is 5.66. The lowest BCUT2D eigenvalue weighted by molar-refractivity contribution is 0.350. The van der Waals surface area contributed by atoms with Crippen molar-refractivity contribution < 1.29 is 13.5 Å². The van der Waals surface area contributed by atoms with Gasteiger partial charge in [-0.15, -0.1) is 11.3 Å². The molecular formula is C12H15NO3S2. The number of rotatable bonds is 4. The van der Waals surface area contributed by atoms with Crippen LogP contribution in [0.2, 0.25) is 0 Å². The number of thiophene rings is 1. The van der Waals surface area contributed by atoms with E-state index in [1.54, 1.807) is 7.05 Å². The second-order valence-corrected chi connectivity index (χ2v) is 7.51. The molecule has 0 amide bonds. The minimum Gasteiger partial charge on any atom is -0.384 e. The van der Waals surface area contributed by atoms with E-state index in [-0.39, 0.29) is 11.9 Å². The van der Waals surface area contributed by atoms with Gasteiger partial charge in [0.15, 0.2) is 0 Å².